The highest BCUT2D eigenvalue weighted by molar-refractivity contribution is 5.94. The van der Waals surface area contributed by atoms with E-state index in [1.54, 1.807) is 13.1 Å². The van der Waals surface area contributed by atoms with Crippen LogP contribution in [0.15, 0.2) is 41.3 Å². The van der Waals surface area contributed by atoms with Gasteiger partial charge in [0.05, 0.1) is 12.3 Å². The highest BCUT2D eigenvalue weighted by Crippen LogP contribution is 2.19. The molecule has 0 bridgehead atoms. The van der Waals surface area contributed by atoms with Crippen LogP contribution in [0.1, 0.15) is 17.3 Å². The molecule has 1 aromatic carbocycles. The van der Waals surface area contributed by atoms with E-state index in [1.807, 2.05) is 29.2 Å². The molecule has 1 atom stereocenters. The summed E-state index contributed by atoms with van der Waals surface area (Å²) in [5.74, 6) is 0.738. The first-order chi connectivity index (χ1) is 11.1. The van der Waals surface area contributed by atoms with E-state index in [4.69, 9.17) is 4.42 Å². The van der Waals surface area contributed by atoms with E-state index in [-0.39, 0.29) is 12.0 Å². The van der Waals surface area contributed by atoms with Crippen molar-refractivity contribution in [3.63, 3.8) is 0 Å². The van der Waals surface area contributed by atoms with E-state index in [0.717, 1.165) is 18.7 Å². The molecular weight excluding hydrogens is 294 g/mol. The van der Waals surface area contributed by atoms with Gasteiger partial charge in [0.25, 0.3) is 5.91 Å². The Morgan fingerprint density at radius 1 is 1.26 bits per heavy atom. The predicted octanol–water partition coefficient (Wildman–Crippen LogP) is 1.48. The fraction of sp³-hybridized carbons (Fsp3) is 0.412. The summed E-state index contributed by atoms with van der Waals surface area (Å²) in [5.41, 5.74) is 1.58. The number of aliphatic hydroxyl groups excluding tert-OH is 1. The monoisotopic (exact) mass is 315 g/mol. The molecule has 1 saturated heterocycles. The van der Waals surface area contributed by atoms with Crippen molar-refractivity contribution >= 4 is 5.91 Å². The van der Waals surface area contributed by atoms with Crippen LogP contribution in [0.5, 0.6) is 0 Å². The molecule has 1 aliphatic heterocycles. The smallest absolute Gasteiger partial charge is 0.253 e. The quantitative estimate of drug-likeness (QED) is 0.925. The van der Waals surface area contributed by atoms with E-state index in [1.165, 1.54) is 6.39 Å². The van der Waals surface area contributed by atoms with Crippen LogP contribution in [0.2, 0.25) is 0 Å². The minimum atomic E-state index is -0.333. The number of aliphatic hydroxyl groups is 1. The molecule has 1 amide bonds. The number of carbonyl (C=O) groups excluding carboxylic acids is 1. The normalized spacial score (nSPS) is 17.2. The molecule has 23 heavy (non-hydrogen) atoms. The van der Waals surface area contributed by atoms with Gasteiger partial charge in [0, 0.05) is 43.9 Å². The maximum absolute atomic E-state index is 12.5. The summed E-state index contributed by atoms with van der Waals surface area (Å²) in [6, 6.07) is 7.39. The number of hydrogen-bond acceptors (Lipinski definition) is 5. The molecule has 0 radical (unpaired) electrons. The number of amides is 1. The minimum absolute atomic E-state index is 0.0471. The van der Waals surface area contributed by atoms with Gasteiger partial charge in [-0.25, -0.2) is 4.98 Å². The Hall–Kier alpha value is -2.18. The molecule has 0 unspecified atom stereocenters. The molecule has 1 aromatic heterocycles. The average molecular weight is 315 g/mol. The number of benzene rings is 1. The lowest BCUT2D eigenvalue weighted by Crippen LogP contribution is -2.50. The van der Waals surface area contributed by atoms with Crippen molar-refractivity contribution in [3.05, 3.63) is 42.4 Å². The van der Waals surface area contributed by atoms with E-state index in [0.29, 0.717) is 31.0 Å². The van der Waals surface area contributed by atoms with Gasteiger partial charge < -0.3 is 14.4 Å². The first-order valence-corrected chi connectivity index (χ1v) is 7.82. The van der Waals surface area contributed by atoms with Crippen molar-refractivity contribution in [1.82, 2.24) is 14.8 Å². The standard InChI is InChI=1S/C17H21N3O3/c1-13(21)11-19-6-8-20(9-7-19)17(22)15-4-2-14(3-5-15)16-10-18-12-23-16/h2-5,10,12-13,21H,6-9,11H2,1H3/t13-/m0/s1. The summed E-state index contributed by atoms with van der Waals surface area (Å²) in [5, 5.41) is 9.43. The molecular formula is C17H21N3O3. The molecule has 0 aliphatic carbocycles. The van der Waals surface area contributed by atoms with Gasteiger partial charge in [-0.3, -0.25) is 9.69 Å². The van der Waals surface area contributed by atoms with Crippen molar-refractivity contribution in [3.8, 4) is 11.3 Å². The maximum atomic E-state index is 12.5. The molecule has 2 heterocycles. The zero-order chi connectivity index (χ0) is 16.2. The first kappa shape index (κ1) is 15.7. The summed E-state index contributed by atoms with van der Waals surface area (Å²) in [4.78, 5) is 20.5. The number of β-amino-alcohol motifs (C(OH)–C–C–N with tert-alkyl or cyclic N) is 1. The van der Waals surface area contributed by atoms with E-state index < -0.39 is 0 Å². The van der Waals surface area contributed by atoms with Gasteiger partial charge >= 0.3 is 0 Å². The SMILES string of the molecule is C[C@H](O)CN1CCN(C(=O)c2ccc(-c3cnco3)cc2)CC1. The fourth-order valence-corrected chi connectivity index (χ4v) is 2.83. The largest absolute Gasteiger partial charge is 0.444 e. The van der Waals surface area contributed by atoms with Crippen molar-refractivity contribution in [2.24, 2.45) is 0 Å². The van der Waals surface area contributed by atoms with Crippen LogP contribution in [0.25, 0.3) is 11.3 Å². The Bertz CT molecular complexity index is 630. The van der Waals surface area contributed by atoms with Gasteiger partial charge in [0.1, 0.15) is 0 Å². The lowest BCUT2D eigenvalue weighted by atomic mass is 10.1. The van der Waals surface area contributed by atoms with Gasteiger partial charge in [-0.1, -0.05) is 12.1 Å². The van der Waals surface area contributed by atoms with Crippen LogP contribution < -0.4 is 0 Å². The van der Waals surface area contributed by atoms with Gasteiger partial charge in [0.2, 0.25) is 0 Å². The topological polar surface area (TPSA) is 69.8 Å². The number of piperazine rings is 1. The summed E-state index contributed by atoms with van der Waals surface area (Å²) in [7, 11) is 0. The van der Waals surface area contributed by atoms with E-state index in [9.17, 15) is 9.90 Å². The predicted molar refractivity (Wildman–Crippen MR) is 86.0 cm³/mol. The molecule has 6 nitrogen and oxygen atoms in total. The second-order valence-corrected chi connectivity index (χ2v) is 5.88. The Balaban J connectivity index is 1.60. The van der Waals surface area contributed by atoms with E-state index >= 15 is 0 Å². The van der Waals surface area contributed by atoms with Crippen LogP contribution >= 0.6 is 0 Å². The third kappa shape index (κ3) is 3.78. The van der Waals surface area contributed by atoms with Crippen molar-refractivity contribution in [2.45, 2.75) is 13.0 Å². The number of hydrogen-bond donors (Lipinski definition) is 1. The third-order valence-corrected chi connectivity index (χ3v) is 4.03. The van der Waals surface area contributed by atoms with Gasteiger partial charge in [-0.05, 0) is 19.1 Å². The molecule has 1 fully saturated rings. The average Bonchev–Trinajstić information content (AvgIpc) is 3.09. The lowest BCUT2D eigenvalue weighted by Gasteiger charge is -2.35. The second kappa shape index (κ2) is 6.93. The Morgan fingerprint density at radius 3 is 2.52 bits per heavy atom. The number of nitrogens with zero attached hydrogens (tertiary/aromatic N) is 3. The van der Waals surface area contributed by atoms with Crippen molar-refractivity contribution in [1.29, 1.82) is 0 Å². The van der Waals surface area contributed by atoms with Gasteiger partial charge in [-0.2, -0.15) is 0 Å². The number of carbonyl (C=O) groups is 1. The molecule has 3 rings (SSSR count). The van der Waals surface area contributed by atoms with E-state index in [2.05, 4.69) is 9.88 Å². The molecule has 6 heteroatoms. The Labute approximate surface area is 135 Å². The highest BCUT2D eigenvalue weighted by Gasteiger charge is 2.22. The number of rotatable bonds is 4. The summed E-state index contributed by atoms with van der Waals surface area (Å²) in [6.07, 6.45) is 2.71. The Morgan fingerprint density at radius 2 is 1.96 bits per heavy atom. The minimum Gasteiger partial charge on any atom is -0.444 e. The fourth-order valence-electron chi connectivity index (χ4n) is 2.83. The molecule has 0 spiro atoms. The lowest BCUT2D eigenvalue weighted by molar-refractivity contribution is 0.0554. The summed E-state index contributed by atoms with van der Waals surface area (Å²) >= 11 is 0. The molecule has 1 N–H and O–H groups in total. The van der Waals surface area contributed by atoms with Crippen molar-refractivity contribution in [2.75, 3.05) is 32.7 Å². The zero-order valence-corrected chi connectivity index (χ0v) is 13.2. The molecule has 122 valence electrons. The summed E-state index contributed by atoms with van der Waals surface area (Å²) in [6.45, 7) is 5.42. The molecule has 0 saturated carbocycles. The Kier molecular flexibility index (Phi) is 4.73. The molecule has 1 aliphatic rings. The van der Waals surface area contributed by atoms with Crippen LogP contribution in [-0.2, 0) is 0 Å². The maximum Gasteiger partial charge on any atom is 0.253 e. The van der Waals surface area contributed by atoms with Gasteiger partial charge in [-0.15, -0.1) is 0 Å². The second-order valence-electron chi connectivity index (χ2n) is 5.88. The highest BCUT2D eigenvalue weighted by atomic mass is 16.3. The third-order valence-electron chi connectivity index (χ3n) is 4.03. The van der Waals surface area contributed by atoms with Crippen LogP contribution in [0.4, 0.5) is 0 Å². The number of aromatic nitrogens is 1. The number of oxazole rings is 1. The van der Waals surface area contributed by atoms with Crippen LogP contribution in [-0.4, -0.2) is 64.6 Å². The molecule has 2 aromatic rings. The zero-order valence-electron chi connectivity index (χ0n) is 13.2. The summed E-state index contributed by atoms with van der Waals surface area (Å²) < 4.78 is 5.25. The van der Waals surface area contributed by atoms with Crippen LogP contribution in [0, 0.1) is 0 Å². The van der Waals surface area contributed by atoms with Gasteiger partial charge in [0.15, 0.2) is 12.2 Å². The van der Waals surface area contributed by atoms with Crippen LogP contribution in [0.3, 0.4) is 0 Å². The van der Waals surface area contributed by atoms with Crippen molar-refractivity contribution < 1.29 is 14.3 Å². The first-order valence-electron chi connectivity index (χ1n) is 7.82.